The van der Waals surface area contributed by atoms with Gasteiger partial charge in [0.05, 0.1) is 24.0 Å². The molecule has 1 amide bonds. The van der Waals surface area contributed by atoms with E-state index in [1.165, 1.54) is 6.42 Å². The highest BCUT2D eigenvalue weighted by Gasteiger charge is 2.42. The number of nitrogens with zero attached hydrogens (tertiary/aromatic N) is 2. The Morgan fingerprint density at radius 2 is 2.00 bits per heavy atom. The Morgan fingerprint density at radius 3 is 2.76 bits per heavy atom. The number of ketones is 1. The molecule has 3 aliphatic rings. The number of likely N-dealkylation sites (tertiary alicyclic amines) is 1. The zero-order chi connectivity index (χ0) is 23.2. The van der Waals surface area contributed by atoms with Crippen molar-refractivity contribution in [2.75, 3.05) is 29.9 Å². The average molecular weight is 464 g/mol. The number of benzene rings is 1. The van der Waals surface area contributed by atoms with E-state index in [0.29, 0.717) is 12.3 Å². The molecule has 1 aliphatic carbocycles. The molecule has 174 valence electrons. The maximum atomic E-state index is 13.6. The number of para-hydroxylation sites is 2. The van der Waals surface area contributed by atoms with Crippen LogP contribution in [0.1, 0.15) is 57.4 Å². The van der Waals surface area contributed by atoms with Crippen LogP contribution in [-0.4, -0.2) is 36.2 Å². The molecule has 0 bridgehead atoms. The predicted molar refractivity (Wildman–Crippen MR) is 134 cm³/mol. The highest BCUT2D eigenvalue weighted by atomic mass is 32.1. The maximum absolute atomic E-state index is 13.6. The van der Waals surface area contributed by atoms with Gasteiger partial charge in [0, 0.05) is 35.7 Å². The number of anilines is 2. The summed E-state index contributed by atoms with van der Waals surface area (Å²) in [6, 6.07) is 12.0. The van der Waals surface area contributed by atoms with Crippen molar-refractivity contribution in [3.05, 3.63) is 57.9 Å². The standard InChI is InChI=1S/C27H33N3O2S/c1-18-8-6-12-29(16-18)24(32)17-30-21-10-5-4-9-19(21)28-20-14-27(2,3)15-22(31)25(20)26(30)23-11-7-13-33-23/h4-5,7,9-11,13,18,26,28H,6,8,12,14-17H2,1-3H3. The van der Waals surface area contributed by atoms with E-state index < -0.39 is 0 Å². The number of Topliss-reactive ketones (excluding diaryl/α,β-unsaturated/α-hetero) is 1. The average Bonchev–Trinajstić information content (AvgIpc) is 3.25. The van der Waals surface area contributed by atoms with Gasteiger partial charge in [-0.1, -0.05) is 39.0 Å². The van der Waals surface area contributed by atoms with Gasteiger partial charge in [0.2, 0.25) is 5.91 Å². The monoisotopic (exact) mass is 463 g/mol. The quantitative estimate of drug-likeness (QED) is 0.642. The molecule has 2 aromatic rings. The number of thiophene rings is 1. The van der Waals surface area contributed by atoms with Crippen molar-refractivity contribution < 1.29 is 9.59 Å². The molecule has 33 heavy (non-hydrogen) atoms. The molecule has 2 unspecified atom stereocenters. The second-order valence-corrected chi connectivity index (χ2v) is 11.6. The summed E-state index contributed by atoms with van der Waals surface area (Å²) >= 11 is 1.66. The summed E-state index contributed by atoms with van der Waals surface area (Å²) in [5.74, 6) is 0.861. The van der Waals surface area contributed by atoms with Crippen LogP contribution in [-0.2, 0) is 9.59 Å². The van der Waals surface area contributed by atoms with Gasteiger partial charge in [-0.2, -0.15) is 0 Å². The number of hydrogen-bond acceptors (Lipinski definition) is 5. The van der Waals surface area contributed by atoms with E-state index in [1.807, 2.05) is 23.1 Å². The molecule has 0 spiro atoms. The highest BCUT2D eigenvalue weighted by Crippen LogP contribution is 2.48. The van der Waals surface area contributed by atoms with Gasteiger partial charge in [-0.3, -0.25) is 9.59 Å². The number of nitrogens with one attached hydrogen (secondary N) is 1. The molecule has 1 fully saturated rings. The number of carbonyl (C=O) groups excluding carboxylic acids is 2. The van der Waals surface area contributed by atoms with E-state index in [4.69, 9.17) is 0 Å². The van der Waals surface area contributed by atoms with Crippen LogP contribution in [0.5, 0.6) is 0 Å². The van der Waals surface area contributed by atoms with Gasteiger partial charge in [-0.05, 0) is 54.2 Å². The first kappa shape index (κ1) is 22.2. The number of allylic oxidation sites excluding steroid dienone is 1. The number of carbonyl (C=O) groups is 2. The molecule has 3 heterocycles. The van der Waals surface area contributed by atoms with Crippen LogP contribution < -0.4 is 10.2 Å². The molecule has 6 heteroatoms. The molecule has 1 aromatic carbocycles. The predicted octanol–water partition coefficient (Wildman–Crippen LogP) is 5.62. The van der Waals surface area contributed by atoms with Gasteiger partial charge in [0.15, 0.2) is 5.78 Å². The minimum Gasteiger partial charge on any atom is -0.357 e. The van der Waals surface area contributed by atoms with Gasteiger partial charge in [0.25, 0.3) is 0 Å². The summed E-state index contributed by atoms with van der Waals surface area (Å²) in [7, 11) is 0. The van der Waals surface area contributed by atoms with E-state index in [9.17, 15) is 9.59 Å². The first-order valence-corrected chi connectivity index (χ1v) is 12.9. The Labute approximate surface area is 200 Å². The highest BCUT2D eigenvalue weighted by molar-refractivity contribution is 7.10. The zero-order valence-electron chi connectivity index (χ0n) is 19.8. The SMILES string of the molecule is CC1CCCN(C(=O)CN2c3ccccc3NC3=C(C(=O)CC(C)(C)C3)C2c2cccs2)C1. The van der Waals surface area contributed by atoms with Crippen LogP contribution in [0.3, 0.4) is 0 Å². The van der Waals surface area contributed by atoms with Crippen LogP contribution in [0.2, 0.25) is 0 Å². The van der Waals surface area contributed by atoms with Crippen LogP contribution >= 0.6 is 11.3 Å². The molecule has 1 aromatic heterocycles. The van der Waals surface area contributed by atoms with E-state index in [0.717, 1.165) is 53.5 Å². The molecule has 0 saturated carbocycles. The van der Waals surface area contributed by atoms with E-state index in [1.54, 1.807) is 11.3 Å². The molecule has 5 rings (SSSR count). The molecule has 5 nitrogen and oxygen atoms in total. The Bertz CT molecular complexity index is 1090. The molecule has 2 aliphatic heterocycles. The topological polar surface area (TPSA) is 52.7 Å². The molecule has 2 atom stereocenters. The molecular formula is C27H33N3O2S. The molecule has 1 saturated heterocycles. The largest absolute Gasteiger partial charge is 0.357 e. The minimum atomic E-state index is -0.258. The molecule has 0 radical (unpaired) electrons. The van der Waals surface area contributed by atoms with Gasteiger partial charge >= 0.3 is 0 Å². The zero-order valence-corrected chi connectivity index (χ0v) is 20.6. The summed E-state index contributed by atoms with van der Waals surface area (Å²) in [6.07, 6.45) is 3.58. The van der Waals surface area contributed by atoms with E-state index in [-0.39, 0.29) is 29.7 Å². The maximum Gasteiger partial charge on any atom is 0.242 e. The fraction of sp³-hybridized carbons (Fsp3) is 0.481. The minimum absolute atomic E-state index is 0.0905. The summed E-state index contributed by atoms with van der Waals surface area (Å²) < 4.78 is 0. The first-order chi connectivity index (χ1) is 15.8. The number of amides is 1. The van der Waals surface area contributed by atoms with Crippen molar-refractivity contribution in [3.63, 3.8) is 0 Å². The third-order valence-electron chi connectivity index (χ3n) is 7.13. The second kappa shape index (κ2) is 8.64. The van der Waals surface area contributed by atoms with Crippen LogP contribution in [0.25, 0.3) is 0 Å². The van der Waals surface area contributed by atoms with E-state index in [2.05, 4.69) is 54.6 Å². The summed E-state index contributed by atoms with van der Waals surface area (Å²) in [6.45, 7) is 8.44. The van der Waals surface area contributed by atoms with Crippen LogP contribution in [0.15, 0.2) is 53.0 Å². The lowest BCUT2D eigenvalue weighted by Gasteiger charge is -2.38. The Balaban J connectivity index is 1.61. The normalized spacial score (nSPS) is 24.6. The van der Waals surface area contributed by atoms with E-state index >= 15 is 0 Å². The molecule has 1 N–H and O–H groups in total. The third kappa shape index (κ3) is 4.33. The van der Waals surface area contributed by atoms with Crippen molar-refractivity contribution in [2.24, 2.45) is 11.3 Å². The second-order valence-electron chi connectivity index (χ2n) is 10.6. The number of fused-ring (bicyclic) bond motifs is 1. The van der Waals surface area contributed by atoms with Crippen LogP contribution in [0.4, 0.5) is 11.4 Å². The van der Waals surface area contributed by atoms with Crippen LogP contribution in [0, 0.1) is 11.3 Å². The Kier molecular flexibility index (Phi) is 5.81. The summed E-state index contributed by atoms with van der Waals surface area (Å²) in [5, 5.41) is 5.68. The fourth-order valence-electron chi connectivity index (χ4n) is 5.63. The van der Waals surface area contributed by atoms with Gasteiger partial charge in [-0.25, -0.2) is 0 Å². The summed E-state index contributed by atoms with van der Waals surface area (Å²) in [4.78, 5) is 32.5. The van der Waals surface area contributed by atoms with Crippen molar-refractivity contribution in [1.29, 1.82) is 0 Å². The summed E-state index contributed by atoms with van der Waals surface area (Å²) in [5.41, 5.74) is 3.69. The number of hydrogen-bond donors (Lipinski definition) is 1. The lowest BCUT2D eigenvalue weighted by Crippen LogP contribution is -2.46. The Hall–Kier alpha value is -2.60. The fourth-order valence-corrected chi connectivity index (χ4v) is 6.48. The first-order valence-electron chi connectivity index (χ1n) is 12.0. The van der Waals surface area contributed by atoms with Crippen molar-refractivity contribution >= 4 is 34.4 Å². The smallest absolute Gasteiger partial charge is 0.242 e. The lowest BCUT2D eigenvalue weighted by atomic mass is 9.74. The van der Waals surface area contributed by atoms with Gasteiger partial charge in [-0.15, -0.1) is 11.3 Å². The number of rotatable bonds is 3. The van der Waals surface area contributed by atoms with Crippen molar-refractivity contribution in [2.45, 2.75) is 52.5 Å². The van der Waals surface area contributed by atoms with Gasteiger partial charge < -0.3 is 15.1 Å². The van der Waals surface area contributed by atoms with Crippen molar-refractivity contribution in [1.82, 2.24) is 4.90 Å². The number of piperidine rings is 1. The van der Waals surface area contributed by atoms with Gasteiger partial charge in [0.1, 0.15) is 0 Å². The van der Waals surface area contributed by atoms with Crippen molar-refractivity contribution in [3.8, 4) is 0 Å². The third-order valence-corrected chi connectivity index (χ3v) is 8.06. The lowest BCUT2D eigenvalue weighted by molar-refractivity contribution is -0.131. The Morgan fingerprint density at radius 1 is 1.18 bits per heavy atom. The molecular weight excluding hydrogens is 430 g/mol.